The molecule has 2 amide bonds. The Morgan fingerprint density at radius 3 is 2.62 bits per heavy atom. The van der Waals surface area contributed by atoms with Gasteiger partial charge < -0.3 is 15.0 Å². The number of nitrogens with zero attached hydrogens (tertiary/aromatic N) is 2. The van der Waals surface area contributed by atoms with E-state index in [0.29, 0.717) is 43.9 Å². The van der Waals surface area contributed by atoms with E-state index in [4.69, 9.17) is 4.74 Å². The summed E-state index contributed by atoms with van der Waals surface area (Å²) in [4.78, 5) is 32.3. The molecule has 6 nitrogen and oxygen atoms in total. The van der Waals surface area contributed by atoms with Crippen molar-refractivity contribution in [2.45, 2.75) is 58.1 Å². The van der Waals surface area contributed by atoms with Gasteiger partial charge in [0.15, 0.2) is 0 Å². The maximum absolute atomic E-state index is 13.2. The molecule has 29 heavy (non-hydrogen) atoms. The lowest BCUT2D eigenvalue weighted by Gasteiger charge is -2.40. The number of hydrogen-bond acceptors (Lipinski definition) is 5. The minimum absolute atomic E-state index is 0.0338. The molecule has 1 heterocycles. The van der Waals surface area contributed by atoms with E-state index in [9.17, 15) is 9.59 Å². The zero-order valence-corrected chi connectivity index (χ0v) is 18.0. The standard InChI is InChI=1S/C22H29N3O3S/c1-3-25(4-2)21(27)22(11-6-5-7-12-22)24-20(26)17-9-8-10-19(13-17)28-14-18-15-29-16-23-18/h8-10,13,15-16H,3-7,11-12,14H2,1-2H3,(H,24,26). The molecule has 1 aromatic carbocycles. The summed E-state index contributed by atoms with van der Waals surface area (Å²) in [5, 5.41) is 5.03. The van der Waals surface area contributed by atoms with E-state index in [1.807, 2.05) is 30.2 Å². The summed E-state index contributed by atoms with van der Waals surface area (Å²) < 4.78 is 5.77. The molecule has 1 aromatic heterocycles. The Bertz CT molecular complexity index is 812. The minimum atomic E-state index is -0.807. The third kappa shape index (κ3) is 5.15. The molecule has 1 aliphatic carbocycles. The van der Waals surface area contributed by atoms with Crippen molar-refractivity contribution in [1.82, 2.24) is 15.2 Å². The molecule has 0 unspecified atom stereocenters. The molecule has 2 aromatic rings. The molecule has 7 heteroatoms. The van der Waals surface area contributed by atoms with E-state index in [2.05, 4.69) is 10.3 Å². The van der Waals surface area contributed by atoms with Crippen LogP contribution in [0.3, 0.4) is 0 Å². The maximum Gasteiger partial charge on any atom is 0.252 e. The second-order valence-electron chi connectivity index (χ2n) is 7.37. The number of carbonyl (C=O) groups is 2. The van der Waals surface area contributed by atoms with Crippen LogP contribution in [-0.2, 0) is 11.4 Å². The first-order valence-electron chi connectivity index (χ1n) is 10.3. The molecular formula is C22H29N3O3S. The highest BCUT2D eigenvalue weighted by Gasteiger charge is 2.42. The Hall–Kier alpha value is -2.41. The number of thiazole rings is 1. The molecule has 156 valence electrons. The highest BCUT2D eigenvalue weighted by molar-refractivity contribution is 7.07. The maximum atomic E-state index is 13.2. The van der Waals surface area contributed by atoms with Crippen LogP contribution in [0.2, 0.25) is 0 Å². The first-order valence-corrected chi connectivity index (χ1v) is 11.2. The average molecular weight is 416 g/mol. The number of aromatic nitrogens is 1. The average Bonchev–Trinajstić information content (AvgIpc) is 3.27. The van der Waals surface area contributed by atoms with Gasteiger partial charge in [-0.2, -0.15) is 0 Å². The van der Waals surface area contributed by atoms with Crippen LogP contribution >= 0.6 is 11.3 Å². The predicted molar refractivity (Wildman–Crippen MR) is 114 cm³/mol. The van der Waals surface area contributed by atoms with Crippen LogP contribution in [0, 0.1) is 0 Å². The highest BCUT2D eigenvalue weighted by atomic mass is 32.1. The zero-order valence-electron chi connectivity index (χ0n) is 17.1. The number of benzene rings is 1. The largest absolute Gasteiger partial charge is 0.487 e. The Morgan fingerprint density at radius 1 is 1.21 bits per heavy atom. The summed E-state index contributed by atoms with van der Waals surface area (Å²) in [6, 6.07) is 7.09. The van der Waals surface area contributed by atoms with Crippen molar-refractivity contribution in [3.8, 4) is 5.75 Å². The van der Waals surface area contributed by atoms with Gasteiger partial charge in [-0.25, -0.2) is 4.98 Å². The molecule has 1 saturated carbocycles. The Kier molecular flexibility index (Phi) is 7.25. The number of likely N-dealkylation sites (N-methyl/N-ethyl adjacent to an activating group) is 1. The Morgan fingerprint density at radius 2 is 1.97 bits per heavy atom. The van der Waals surface area contributed by atoms with Crippen LogP contribution in [-0.4, -0.2) is 40.3 Å². The van der Waals surface area contributed by atoms with Crippen LogP contribution in [0.25, 0.3) is 0 Å². The molecule has 1 N–H and O–H groups in total. The molecule has 1 fully saturated rings. The van der Waals surface area contributed by atoms with Gasteiger partial charge in [0.25, 0.3) is 5.91 Å². The van der Waals surface area contributed by atoms with Gasteiger partial charge in [-0.05, 0) is 44.9 Å². The van der Waals surface area contributed by atoms with Gasteiger partial charge in [0.1, 0.15) is 17.9 Å². The molecule has 3 rings (SSSR count). The van der Waals surface area contributed by atoms with Crippen molar-refractivity contribution in [2.75, 3.05) is 13.1 Å². The fourth-order valence-electron chi connectivity index (χ4n) is 3.84. The van der Waals surface area contributed by atoms with Crippen molar-refractivity contribution in [2.24, 2.45) is 0 Å². The highest BCUT2D eigenvalue weighted by Crippen LogP contribution is 2.31. The quantitative estimate of drug-likeness (QED) is 0.707. The van der Waals surface area contributed by atoms with Crippen LogP contribution in [0.15, 0.2) is 35.2 Å². The summed E-state index contributed by atoms with van der Waals surface area (Å²) in [7, 11) is 0. The van der Waals surface area contributed by atoms with E-state index >= 15 is 0 Å². The van der Waals surface area contributed by atoms with Crippen LogP contribution in [0.4, 0.5) is 0 Å². The van der Waals surface area contributed by atoms with Gasteiger partial charge in [-0.15, -0.1) is 11.3 Å². The van der Waals surface area contributed by atoms with Gasteiger partial charge >= 0.3 is 0 Å². The number of ether oxygens (including phenoxy) is 1. The van der Waals surface area contributed by atoms with Gasteiger partial charge in [-0.3, -0.25) is 9.59 Å². The first kappa shape index (κ1) is 21.3. The summed E-state index contributed by atoms with van der Waals surface area (Å²) in [5.74, 6) is 0.413. The second kappa shape index (κ2) is 9.87. The number of hydrogen-bond donors (Lipinski definition) is 1. The van der Waals surface area contributed by atoms with Gasteiger partial charge in [-0.1, -0.05) is 25.3 Å². The number of carbonyl (C=O) groups excluding carboxylic acids is 2. The van der Waals surface area contributed by atoms with E-state index < -0.39 is 5.54 Å². The van der Waals surface area contributed by atoms with Gasteiger partial charge in [0, 0.05) is 24.0 Å². The van der Waals surface area contributed by atoms with Gasteiger partial charge in [0.05, 0.1) is 11.2 Å². The molecule has 1 aliphatic rings. The lowest BCUT2D eigenvalue weighted by Crippen LogP contribution is -2.60. The predicted octanol–water partition coefficient (Wildman–Crippen LogP) is 4.02. The number of amides is 2. The lowest BCUT2D eigenvalue weighted by molar-refractivity contribution is -0.139. The van der Waals surface area contributed by atoms with Crippen molar-refractivity contribution in [1.29, 1.82) is 0 Å². The van der Waals surface area contributed by atoms with E-state index in [0.717, 1.165) is 25.0 Å². The minimum Gasteiger partial charge on any atom is -0.487 e. The molecule has 0 atom stereocenters. The van der Waals surface area contributed by atoms with Crippen molar-refractivity contribution >= 4 is 23.2 Å². The zero-order chi connectivity index (χ0) is 20.7. The van der Waals surface area contributed by atoms with Crippen LogP contribution in [0.5, 0.6) is 5.75 Å². The molecule has 0 bridgehead atoms. The molecule has 0 saturated heterocycles. The topological polar surface area (TPSA) is 71.5 Å². The third-order valence-corrected chi connectivity index (χ3v) is 6.12. The van der Waals surface area contributed by atoms with E-state index in [1.165, 1.54) is 11.3 Å². The number of nitrogens with one attached hydrogen (secondary N) is 1. The fraction of sp³-hybridized carbons (Fsp3) is 0.500. The Labute approximate surface area is 176 Å². The van der Waals surface area contributed by atoms with Crippen LogP contribution < -0.4 is 10.1 Å². The summed E-state index contributed by atoms with van der Waals surface area (Å²) in [6.45, 7) is 5.60. The van der Waals surface area contributed by atoms with Crippen molar-refractivity contribution in [3.05, 3.63) is 46.4 Å². The molecule has 0 spiro atoms. The van der Waals surface area contributed by atoms with Crippen molar-refractivity contribution in [3.63, 3.8) is 0 Å². The third-order valence-electron chi connectivity index (χ3n) is 5.49. The van der Waals surface area contributed by atoms with Crippen LogP contribution in [0.1, 0.15) is 62.0 Å². The molecular weight excluding hydrogens is 386 g/mol. The normalized spacial score (nSPS) is 15.5. The number of rotatable bonds is 8. The fourth-order valence-corrected chi connectivity index (χ4v) is 4.39. The monoisotopic (exact) mass is 415 g/mol. The SMILES string of the molecule is CCN(CC)C(=O)C1(NC(=O)c2cccc(OCc3cscn3)c2)CCCCC1. The summed E-state index contributed by atoms with van der Waals surface area (Å²) >= 11 is 1.52. The summed E-state index contributed by atoms with van der Waals surface area (Å²) in [6.07, 6.45) is 4.37. The smallest absolute Gasteiger partial charge is 0.252 e. The first-order chi connectivity index (χ1) is 14.1. The second-order valence-corrected chi connectivity index (χ2v) is 8.09. The summed E-state index contributed by atoms with van der Waals surface area (Å²) in [5.41, 5.74) is 2.31. The van der Waals surface area contributed by atoms with E-state index in [-0.39, 0.29) is 11.8 Å². The van der Waals surface area contributed by atoms with E-state index in [1.54, 1.807) is 23.7 Å². The Balaban J connectivity index is 1.74. The molecule has 0 aliphatic heterocycles. The van der Waals surface area contributed by atoms with Crippen molar-refractivity contribution < 1.29 is 14.3 Å². The van der Waals surface area contributed by atoms with Gasteiger partial charge in [0.2, 0.25) is 5.91 Å². The lowest BCUT2D eigenvalue weighted by atomic mass is 9.80. The molecule has 0 radical (unpaired) electrons.